The number of rotatable bonds is 5. The predicted octanol–water partition coefficient (Wildman–Crippen LogP) is 3.85. The van der Waals surface area contributed by atoms with Crippen LogP contribution in [0.1, 0.15) is 37.6 Å². The minimum atomic E-state index is 0.493. The topological polar surface area (TPSA) is 12.0 Å². The van der Waals surface area contributed by atoms with Gasteiger partial charge in [-0.1, -0.05) is 31.9 Å². The van der Waals surface area contributed by atoms with Crippen molar-refractivity contribution in [2.75, 3.05) is 6.54 Å². The summed E-state index contributed by atoms with van der Waals surface area (Å²) in [5.74, 6) is 0. The first-order chi connectivity index (χ1) is 6.27. The van der Waals surface area contributed by atoms with Gasteiger partial charge < -0.3 is 5.32 Å². The van der Waals surface area contributed by atoms with Gasteiger partial charge in [-0.3, -0.25) is 0 Å². The second-order valence-electron chi connectivity index (χ2n) is 3.04. The molecule has 0 bridgehead atoms. The zero-order valence-electron chi connectivity index (χ0n) is 8.14. The van der Waals surface area contributed by atoms with Crippen molar-refractivity contribution >= 4 is 22.9 Å². The average molecular weight is 218 g/mol. The van der Waals surface area contributed by atoms with Crippen LogP contribution in [0.25, 0.3) is 0 Å². The van der Waals surface area contributed by atoms with E-state index in [4.69, 9.17) is 11.6 Å². The number of hydrogen-bond donors (Lipinski definition) is 1. The van der Waals surface area contributed by atoms with E-state index in [0.717, 1.165) is 10.9 Å². The van der Waals surface area contributed by atoms with E-state index in [2.05, 4.69) is 25.2 Å². The third-order valence-electron chi connectivity index (χ3n) is 1.97. The van der Waals surface area contributed by atoms with E-state index >= 15 is 0 Å². The molecule has 0 aliphatic rings. The number of thiophene rings is 1. The second kappa shape index (κ2) is 5.63. The number of hydrogen-bond acceptors (Lipinski definition) is 2. The molecule has 1 N–H and O–H groups in total. The van der Waals surface area contributed by atoms with Crippen molar-refractivity contribution in [3.8, 4) is 0 Å². The summed E-state index contributed by atoms with van der Waals surface area (Å²) in [6, 6.07) is 4.59. The molecule has 0 amide bonds. The first-order valence-corrected chi connectivity index (χ1v) is 5.96. The Morgan fingerprint density at radius 2 is 2.23 bits per heavy atom. The van der Waals surface area contributed by atoms with Gasteiger partial charge in [-0.2, -0.15) is 0 Å². The van der Waals surface area contributed by atoms with Gasteiger partial charge in [0.1, 0.15) is 0 Å². The SMILES string of the molecule is CCCC(NCC)c1ccc(Cl)s1. The van der Waals surface area contributed by atoms with Crippen molar-refractivity contribution in [3.63, 3.8) is 0 Å². The highest BCUT2D eigenvalue weighted by atomic mass is 35.5. The standard InChI is InChI=1S/C10H16ClNS/c1-3-5-8(12-4-2)9-6-7-10(11)13-9/h6-8,12H,3-5H2,1-2H3. The van der Waals surface area contributed by atoms with Crippen LogP contribution < -0.4 is 5.32 Å². The zero-order chi connectivity index (χ0) is 9.68. The monoisotopic (exact) mass is 217 g/mol. The predicted molar refractivity (Wildman–Crippen MR) is 60.7 cm³/mol. The fraction of sp³-hybridized carbons (Fsp3) is 0.600. The van der Waals surface area contributed by atoms with Gasteiger partial charge in [0.2, 0.25) is 0 Å². The molecule has 1 aromatic heterocycles. The lowest BCUT2D eigenvalue weighted by atomic mass is 10.1. The molecule has 1 rings (SSSR count). The van der Waals surface area contributed by atoms with Gasteiger partial charge >= 0.3 is 0 Å². The van der Waals surface area contributed by atoms with Crippen molar-refractivity contribution in [2.45, 2.75) is 32.7 Å². The van der Waals surface area contributed by atoms with Gasteiger partial charge in [0, 0.05) is 10.9 Å². The molecule has 1 aromatic rings. The van der Waals surface area contributed by atoms with Gasteiger partial charge in [0.25, 0.3) is 0 Å². The highest BCUT2D eigenvalue weighted by molar-refractivity contribution is 7.16. The van der Waals surface area contributed by atoms with Crippen LogP contribution in [0.4, 0.5) is 0 Å². The highest BCUT2D eigenvalue weighted by Crippen LogP contribution is 2.29. The molecule has 0 aliphatic carbocycles. The number of halogens is 1. The molecule has 0 spiro atoms. The minimum Gasteiger partial charge on any atom is -0.310 e. The van der Waals surface area contributed by atoms with Crippen LogP contribution in [-0.4, -0.2) is 6.54 Å². The largest absolute Gasteiger partial charge is 0.310 e. The van der Waals surface area contributed by atoms with Crippen molar-refractivity contribution in [3.05, 3.63) is 21.3 Å². The summed E-state index contributed by atoms with van der Waals surface area (Å²) in [5, 5.41) is 3.46. The Morgan fingerprint density at radius 3 is 2.69 bits per heavy atom. The van der Waals surface area contributed by atoms with Crippen molar-refractivity contribution in [1.82, 2.24) is 5.32 Å². The van der Waals surface area contributed by atoms with E-state index in [-0.39, 0.29) is 0 Å². The van der Waals surface area contributed by atoms with Gasteiger partial charge in [-0.25, -0.2) is 0 Å². The Bertz CT molecular complexity index is 241. The molecule has 0 saturated carbocycles. The summed E-state index contributed by atoms with van der Waals surface area (Å²) >= 11 is 7.57. The molecule has 0 aromatic carbocycles. The first kappa shape index (κ1) is 11.0. The lowest BCUT2D eigenvalue weighted by Crippen LogP contribution is -2.19. The van der Waals surface area contributed by atoms with Crippen LogP contribution in [-0.2, 0) is 0 Å². The lowest BCUT2D eigenvalue weighted by molar-refractivity contribution is 0.516. The summed E-state index contributed by atoms with van der Waals surface area (Å²) in [7, 11) is 0. The molecule has 13 heavy (non-hydrogen) atoms. The molecule has 1 nitrogen and oxygen atoms in total. The molecule has 1 heterocycles. The Kier molecular flexibility index (Phi) is 4.78. The molecule has 0 saturated heterocycles. The Balaban J connectivity index is 2.63. The lowest BCUT2D eigenvalue weighted by Gasteiger charge is -2.14. The molecule has 0 radical (unpaired) electrons. The van der Waals surface area contributed by atoms with Gasteiger partial charge in [-0.05, 0) is 25.1 Å². The quantitative estimate of drug-likeness (QED) is 0.790. The van der Waals surface area contributed by atoms with Gasteiger partial charge in [0.05, 0.1) is 4.34 Å². The molecular formula is C10H16ClNS. The van der Waals surface area contributed by atoms with Crippen LogP contribution in [0.3, 0.4) is 0 Å². The first-order valence-electron chi connectivity index (χ1n) is 4.76. The van der Waals surface area contributed by atoms with Crippen LogP contribution in [0.5, 0.6) is 0 Å². The summed E-state index contributed by atoms with van der Waals surface area (Å²) in [4.78, 5) is 1.36. The molecule has 1 unspecified atom stereocenters. The summed E-state index contributed by atoms with van der Waals surface area (Å²) in [6.07, 6.45) is 2.39. The van der Waals surface area contributed by atoms with Gasteiger partial charge in [0.15, 0.2) is 0 Å². The second-order valence-corrected chi connectivity index (χ2v) is 4.79. The normalized spacial score (nSPS) is 13.2. The molecular weight excluding hydrogens is 202 g/mol. The molecule has 0 aliphatic heterocycles. The van der Waals surface area contributed by atoms with Crippen LogP contribution in [0.2, 0.25) is 4.34 Å². The Morgan fingerprint density at radius 1 is 1.46 bits per heavy atom. The van der Waals surface area contributed by atoms with Crippen LogP contribution in [0.15, 0.2) is 12.1 Å². The molecule has 74 valence electrons. The Hall–Kier alpha value is -0.0500. The third kappa shape index (κ3) is 3.29. The average Bonchev–Trinajstić information content (AvgIpc) is 2.51. The van der Waals surface area contributed by atoms with E-state index in [0.29, 0.717) is 6.04 Å². The summed E-state index contributed by atoms with van der Waals surface area (Å²) in [5.41, 5.74) is 0. The highest BCUT2D eigenvalue weighted by Gasteiger charge is 2.10. The molecule has 1 atom stereocenters. The van der Waals surface area contributed by atoms with Crippen molar-refractivity contribution < 1.29 is 0 Å². The van der Waals surface area contributed by atoms with Crippen molar-refractivity contribution in [1.29, 1.82) is 0 Å². The molecule has 3 heteroatoms. The smallest absolute Gasteiger partial charge is 0.0931 e. The summed E-state index contributed by atoms with van der Waals surface area (Å²) < 4.78 is 0.883. The van der Waals surface area contributed by atoms with E-state index in [1.165, 1.54) is 17.7 Å². The fourth-order valence-electron chi connectivity index (χ4n) is 1.40. The number of nitrogens with one attached hydrogen (secondary N) is 1. The van der Waals surface area contributed by atoms with E-state index in [1.807, 2.05) is 6.07 Å². The Labute approximate surface area is 89.1 Å². The van der Waals surface area contributed by atoms with Crippen LogP contribution >= 0.6 is 22.9 Å². The summed E-state index contributed by atoms with van der Waals surface area (Å²) in [6.45, 7) is 5.36. The fourth-order valence-corrected chi connectivity index (χ4v) is 2.57. The molecule has 0 fully saturated rings. The van der Waals surface area contributed by atoms with E-state index in [1.54, 1.807) is 11.3 Å². The minimum absolute atomic E-state index is 0.493. The van der Waals surface area contributed by atoms with Gasteiger partial charge in [-0.15, -0.1) is 11.3 Å². The van der Waals surface area contributed by atoms with Crippen LogP contribution in [0, 0.1) is 0 Å². The maximum atomic E-state index is 5.90. The maximum absolute atomic E-state index is 5.90. The van der Waals surface area contributed by atoms with E-state index in [9.17, 15) is 0 Å². The van der Waals surface area contributed by atoms with Crippen molar-refractivity contribution in [2.24, 2.45) is 0 Å². The van der Waals surface area contributed by atoms with E-state index < -0.39 is 0 Å². The third-order valence-corrected chi connectivity index (χ3v) is 3.31. The maximum Gasteiger partial charge on any atom is 0.0931 e. The zero-order valence-corrected chi connectivity index (χ0v) is 9.71.